The van der Waals surface area contributed by atoms with E-state index in [-0.39, 0.29) is 5.41 Å². The van der Waals surface area contributed by atoms with E-state index in [4.69, 9.17) is 4.42 Å². The van der Waals surface area contributed by atoms with Crippen LogP contribution in [0.4, 0.5) is 17.1 Å². The maximum absolute atomic E-state index is 6.34. The normalized spacial score (nSPS) is 12.9. The van der Waals surface area contributed by atoms with Crippen molar-refractivity contribution in [1.29, 1.82) is 0 Å². The third-order valence-electron chi connectivity index (χ3n) is 11.1. The van der Waals surface area contributed by atoms with Gasteiger partial charge in [0.15, 0.2) is 0 Å². The molecule has 1 aliphatic rings. The molecule has 53 heavy (non-hydrogen) atoms. The van der Waals surface area contributed by atoms with Gasteiger partial charge in [0, 0.05) is 38.8 Å². The molecule has 0 amide bonds. The second-order valence-corrected chi connectivity index (χ2v) is 14.6. The van der Waals surface area contributed by atoms with Crippen LogP contribution in [0.25, 0.3) is 66.4 Å². The Hall–Kier alpha value is -6.64. The van der Waals surface area contributed by atoms with E-state index >= 15 is 0 Å². The van der Waals surface area contributed by atoms with E-state index < -0.39 is 0 Å². The van der Waals surface area contributed by atoms with Crippen molar-refractivity contribution in [3.8, 4) is 44.5 Å². The zero-order valence-electron chi connectivity index (χ0n) is 29.8. The van der Waals surface area contributed by atoms with Crippen LogP contribution >= 0.6 is 0 Å². The molecule has 1 heterocycles. The van der Waals surface area contributed by atoms with Crippen LogP contribution in [-0.2, 0) is 5.41 Å². The van der Waals surface area contributed by atoms with Crippen LogP contribution in [0.2, 0.25) is 0 Å². The van der Waals surface area contributed by atoms with Crippen molar-refractivity contribution >= 4 is 39.0 Å². The highest BCUT2D eigenvalue weighted by atomic mass is 16.3. The van der Waals surface area contributed by atoms with Crippen molar-refractivity contribution < 1.29 is 4.42 Å². The maximum atomic E-state index is 6.34. The molecule has 1 aliphatic carbocycles. The molecule has 0 spiro atoms. The number of hydrogen-bond acceptors (Lipinski definition) is 2. The third kappa shape index (κ3) is 5.18. The fraction of sp³-hybridized carbons (Fsp3) is 0.0588. The number of furan rings is 1. The smallest absolute Gasteiger partial charge is 0.143 e. The minimum absolute atomic E-state index is 0.0393. The fourth-order valence-corrected chi connectivity index (χ4v) is 8.35. The van der Waals surface area contributed by atoms with Gasteiger partial charge in [-0.05, 0) is 92.5 Å². The monoisotopic (exact) mass is 679 g/mol. The zero-order chi connectivity index (χ0) is 35.5. The lowest BCUT2D eigenvalue weighted by Crippen LogP contribution is -2.15. The van der Waals surface area contributed by atoms with Gasteiger partial charge >= 0.3 is 0 Å². The molecule has 8 aromatic carbocycles. The maximum Gasteiger partial charge on any atom is 0.143 e. The van der Waals surface area contributed by atoms with E-state index in [2.05, 4.69) is 195 Å². The minimum Gasteiger partial charge on any atom is -0.455 e. The molecule has 0 atom stereocenters. The van der Waals surface area contributed by atoms with E-state index in [0.29, 0.717) is 0 Å². The Labute approximate surface area is 310 Å². The Kier molecular flexibility index (Phi) is 7.19. The van der Waals surface area contributed by atoms with Crippen molar-refractivity contribution in [3.05, 3.63) is 199 Å². The van der Waals surface area contributed by atoms with Crippen LogP contribution in [0.1, 0.15) is 25.0 Å². The van der Waals surface area contributed by atoms with E-state index in [1.54, 1.807) is 0 Å². The van der Waals surface area contributed by atoms with Gasteiger partial charge in [-0.2, -0.15) is 0 Å². The lowest BCUT2D eigenvalue weighted by Gasteiger charge is -2.27. The number of anilines is 3. The van der Waals surface area contributed by atoms with Crippen molar-refractivity contribution in [1.82, 2.24) is 0 Å². The van der Waals surface area contributed by atoms with Gasteiger partial charge in [-0.25, -0.2) is 0 Å². The average Bonchev–Trinajstić information content (AvgIpc) is 3.71. The molecule has 2 nitrogen and oxygen atoms in total. The first-order valence-corrected chi connectivity index (χ1v) is 18.3. The Morgan fingerprint density at radius 3 is 1.60 bits per heavy atom. The molecule has 0 aliphatic heterocycles. The van der Waals surface area contributed by atoms with Crippen LogP contribution in [0.5, 0.6) is 0 Å². The highest BCUT2D eigenvalue weighted by Gasteiger charge is 2.35. The Morgan fingerprint density at radius 1 is 0.377 bits per heavy atom. The number of para-hydroxylation sites is 2. The molecule has 252 valence electrons. The zero-order valence-corrected chi connectivity index (χ0v) is 29.8. The Balaban J connectivity index is 1.02. The predicted molar refractivity (Wildman–Crippen MR) is 222 cm³/mol. The molecule has 10 rings (SSSR count). The summed E-state index contributed by atoms with van der Waals surface area (Å²) in [4.78, 5) is 2.38. The summed E-state index contributed by atoms with van der Waals surface area (Å²) in [5.41, 5.74) is 17.6. The van der Waals surface area contributed by atoms with Gasteiger partial charge in [0.05, 0.1) is 0 Å². The first-order chi connectivity index (χ1) is 26.0. The summed E-state index contributed by atoms with van der Waals surface area (Å²) in [7, 11) is 0. The van der Waals surface area contributed by atoms with Crippen molar-refractivity contribution in [2.24, 2.45) is 0 Å². The molecule has 0 fully saturated rings. The molecular formula is C51H37NO. The van der Waals surface area contributed by atoms with Crippen molar-refractivity contribution in [2.45, 2.75) is 19.3 Å². The van der Waals surface area contributed by atoms with E-state index in [9.17, 15) is 0 Å². The van der Waals surface area contributed by atoms with Gasteiger partial charge in [-0.1, -0.05) is 159 Å². The summed E-state index contributed by atoms with van der Waals surface area (Å²) in [5, 5.41) is 2.30. The number of hydrogen-bond donors (Lipinski definition) is 0. The number of nitrogens with zero attached hydrogens (tertiary/aromatic N) is 1. The van der Waals surface area contributed by atoms with Gasteiger partial charge in [0.2, 0.25) is 0 Å². The highest BCUT2D eigenvalue weighted by molar-refractivity contribution is 6.09. The lowest BCUT2D eigenvalue weighted by atomic mass is 9.82. The van der Waals surface area contributed by atoms with Crippen molar-refractivity contribution in [2.75, 3.05) is 4.90 Å². The van der Waals surface area contributed by atoms with E-state index in [1.165, 1.54) is 44.5 Å². The van der Waals surface area contributed by atoms with Crippen LogP contribution in [0.15, 0.2) is 192 Å². The minimum atomic E-state index is -0.0393. The van der Waals surface area contributed by atoms with Gasteiger partial charge in [0.1, 0.15) is 11.2 Å². The SMILES string of the molecule is CC1(C)c2ccccc2-c2cc(N(c3ccc(-c4ccccc4)cc3)c3ccc(-c4ccc(-c5cccc6c5oc5ccccc56)cc4)cc3)ccc21. The van der Waals surface area contributed by atoms with Gasteiger partial charge in [-0.3, -0.25) is 0 Å². The largest absolute Gasteiger partial charge is 0.455 e. The molecule has 0 N–H and O–H groups in total. The topological polar surface area (TPSA) is 16.4 Å². The van der Waals surface area contributed by atoms with Gasteiger partial charge < -0.3 is 9.32 Å². The first kappa shape index (κ1) is 31.1. The summed E-state index contributed by atoms with van der Waals surface area (Å²) >= 11 is 0. The molecule has 2 heteroatoms. The standard InChI is InChI=1S/C51H37NO/c1-51(2)47-17-8-6-13-43(47)46-33-41(31-32-48(46)51)52(39-27-23-36(24-28-39)34-11-4-3-5-12-34)40-29-25-37(26-30-40)35-19-21-38(22-20-35)42-15-10-16-45-44-14-7-9-18-49(44)53-50(42)45/h3-33H,1-2H3. The molecule has 0 bridgehead atoms. The molecule has 0 saturated carbocycles. The molecule has 1 aromatic heterocycles. The molecule has 0 radical (unpaired) electrons. The molecule has 9 aromatic rings. The average molecular weight is 680 g/mol. The summed E-state index contributed by atoms with van der Waals surface area (Å²) in [6.45, 7) is 4.67. The number of fused-ring (bicyclic) bond motifs is 6. The molecule has 0 saturated heterocycles. The first-order valence-electron chi connectivity index (χ1n) is 18.3. The van der Waals surface area contributed by atoms with Crippen LogP contribution < -0.4 is 4.90 Å². The van der Waals surface area contributed by atoms with E-state index in [0.717, 1.165) is 50.1 Å². The number of benzene rings is 8. The fourth-order valence-electron chi connectivity index (χ4n) is 8.35. The van der Waals surface area contributed by atoms with Crippen LogP contribution in [-0.4, -0.2) is 0 Å². The van der Waals surface area contributed by atoms with Crippen molar-refractivity contribution in [3.63, 3.8) is 0 Å². The summed E-state index contributed by atoms with van der Waals surface area (Å²) < 4.78 is 6.34. The lowest BCUT2D eigenvalue weighted by molar-refractivity contribution is 0.660. The summed E-state index contributed by atoms with van der Waals surface area (Å²) in [6, 6.07) is 67.8. The van der Waals surface area contributed by atoms with Crippen LogP contribution in [0.3, 0.4) is 0 Å². The quantitative estimate of drug-likeness (QED) is 0.174. The second kappa shape index (κ2) is 12.3. The Bertz CT molecular complexity index is 2770. The third-order valence-corrected chi connectivity index (χ3v) is 11.1. The number of rotatable bonds is 6. The summed E-state index contributed by atoms with van der Waals surface area (Å²) in [5.74, 6) is 0. The summed E-state index contributed by atoms with van der Waals surface area (Å²) in [6.07, 6.45) is 0. The van der Waals surface area contributed by atoms with Gasteiger partial charge in [-0.15, -0.1) is 0 Å². The second-order valence-electron chi connectivity index (χ2n) is 14.6. The molecular weight excluding hydrogens is 643 g/mol. The van der Waals surface area contributed by atoms with Crippen LogP contribution in [0, 0.1) is 0 Å². The predicted octanol–water partition coefficient (Wildman–Crippen LogP) is 14.4. The van der Waals surface area contributed by atoms with Gasteiger partial charge in [0.25, 0.3) is 0 Å². The highest BCUT2D eigenvalue weighted by Crippen LogP contribution is 2.50. The molecule has 0 unspecified atom stereocenters. The Morgan fingerprint density at radius 2 is 0.887 bits per heavy atom. The van der Waals surface area contributed by atoms with E-state index in [1.807, 2.05) is 12.1 Å².